The van der Waals surface area contributed by atoms with Gasteiger partial charge in [0.25, 0.3) is 0 Å². The van der Waals surface area contributed by atoms with Crippen molar-refractivity contribution in [3.63, 3.8) is 0 Å². The largest absolute Gasteiger partial charge is 0.298 e. The van der Waals surface area contributed by atoms with Gasteiger partial charge in [-0.25, -0.2) is 0 Å². The lowest BCUT2D eigenvalue weighted by Crippen LogP contribution is -2.49. The first-order chi connectivity index (χ1) is 7.58. The van der Waals surface area contributed by atoms with Gasteiger partial charge in [-0.2, -0.15) is 0 Å². The highest BCUT2D eigenvalue weighted by Gasteiger charge is 2.52. The summed E-state index contributed by atoms with van der Waals surface area (Å²) in [7, 11) is 0. The SMILES string of the molecule is CC1=CC[C@@H]2C[C@H]1[C@@]2(C)CC/C=C(/C)C=O. The topological polar surface area (TPSA) is 17.1 Å². The lowest BCUT2D eigenvalue weighted by atomic mass is 9.47. The summed E-state index contributed by atoms with van der Waals surface area (Å²) in [6, 6.07) is 0. The van der Waals surface area contributed by atoms with E-state index in [1.807, 2.05) is 6.92 Å². The minimum absolute atomic E-state index is 0.512. The van der Waals surface area contributed by atoms with Gasteiger partial charge in [0.2, 0.25) is 0 Å². The van der Waals surface area contributed by atoms with Crippen molar-refractivity contribution in [2.75, 3.05) is 0 Å². The summed E-state index contributed by atoms with van der Waals surface area (Å²) in [4.78, 5) is 10.5. The number of allylic oxidation sites excluding steroid dienone is 4. The lowest BCUT2D eigenvalue weighted by molar-refractivity contribution is -0.104. The van der Waals surface area contributed by atoms with E-state index < -0.39 is 0 Å². The molecule has 0 aromatic rings. The van der Waals surface area contributed by atoms with Crippen molar-refractivity contribution in [1.29, 1.82) is 0 Å². The van der Waals surface area contributed by atoms with Gasteiger partial charge in [-0.15, -0.1) is 0 Å². The minimum Gasteiger partial charge on any atom is -0.298 e. The summed E-state index contributed by atoms with van der Waals surface area (Å²) in [5.74, 6) is 1.71. The zero-order valence-corrected chi connectivity index (χ0v) is 10.6. The average Bonchev–Trinajstić information content (AvgIpc) is 2.28. The van der Waals surface area contributed by atoms with Gasteiger partial charge in [0.05, 0.1) is 0 Å². The van der Waals surface area contributed by atoms with E-state index in [1.54, 1.807) is 5.57 Å². The zero-order chi connectivity index (χ0) is 11.8. The van der Waals surface area contributed by atoms with E-state index in [0.29, 0.717) is 5.41 Å². The molecule has 0 aromatic heterocycles. The maximum absolute atomic E-state index is 10.5. The van der Waals surface area contributed by atoms with E-state index in [2.05, 4.69) is 26.0 Å². The van der Waals surface area contributed by atoms with Crippen LogP contribution in [0.4, 0.5) is 0 Å². The van der Waals surface area contributed by atoms with Crippen LogP contribution in [0.15, 0.2) is 23.3 Å². The van der Waals surface area contributed by atoms with Crippen LogP contribution in [0.2, 0.25) is 0 Å². The van der Waals surface area contributed by atoms with Gasteiger partial charge in [-0.3, -0.25) is 4.79 Å². The second-order valence-corrected chi connectivity index (χ2v) is 5.78. The fourth-order valence-electron chi connectivity index (χ4n) is 3.53. The Morgan fingerprint density at radius 1 is 1.62 bits per heavy atom. The Kier molecular flexibility index (Phi) is 3.05. The number of fused-ring (bicyclic) bond motifs is 1. The average molecular weight is 218 g/mol. The second-order valence-electron chi connectivity index (χ2n) is 5.78. The molecule has 3 rings (SSSR count). The van der Waals surface area contributed by atoms with E-state index in [-0.39, 0.29) is 0 Å². The van der Waals surface area contributed by atoms with Crippen LogP contribution in [-0.4, -0.2) is 6.29 Å². The van der Waals surface area contributed by atoms with Crippen molar-refractivity contribution in [3.8, 4) is 0 Å². The second kappa shape index (κ2) is 4.20. The number of carbonyl (C=O) groups is 1. The van der Waals surface area contributed by atoms with Crippen molar-refractivity contribution in [2.45, 2.75) is 46.5 Å². The van der Waals surface area contributed by atoms with Gasteiger partial charge in [0.1, 0.15) is 6.29 Å². The predicted molar refractivity (Wildman–Crippen MR) is 67.1 cm³/mol. The summed E-state index contributed by atoms with van der Waals surface area (Å²) < 4.78 is 0. The van der Waals surface area contributed by atoms with E-state index in [9.17, 15) is 4.79 Å². The Morgan fingerprint density at radius 3 is 2.94 bits per heavy atom. The molecule has 0 unspecified atom stereocenters. The number of carbonyl (C=O) groups excluding carboxylic acids is 1. The van der Waals surface area contributed by atoms with Crippen LogP contribution in [0.5, 0.6) is 0 Å². The molecule has 0 spiro atoms. The lowest BCUT2D eigenvalue weighted by Gasteiger charge is -2.58. The molecular formula is C15H22O. The molecule has 0 N–H and O–H groups in total. The smallest absolute Gasteiger partial charge is 0.145 e. The van der Waals surface area contributed by atoms with Crippen molar-refractivity contribution in [2.24, 2.45) is 17.3 Å². The molecule has 1 heteroatoms. The molecule has 16 heavy (non-hydrogen) atoms. The van der Waals surface area contributed by atoms with Crippen LogP contribution < -0.4 is 0 Å². The first-order valence-corrected chi connectivity index (χ1v) is 6.36. The zero-order valence-electron chi connectivity index (χ0n) is 10.6. The molecule has 0 amide bonds. The van der Waals surface area contributed by atoms with Crippen LogP contribution >= 0.6 is 0 Å². The van der Waals surface area contributed by atoms with Crippen molar-refractivity contribution >= 4 is 6.29 Å². The highest BCUT2D eigenvalue weighted by Crippen LogP contribution is 2.61. The standard InChI is InChI=1S/C15H22O/c1-11(10-16)5-4-8-15(3)13-7-6-12(2)14(15)9-13/h5-6,10,13-14H,4,7-9H2,1-3H3/b11-5-/t13-,14-,15+/m1/s1. The summed E-state index contributed by atoms with van der Waals surface area (Å²) in [5, 5.41) is 0. The number of hydrogen-bond acceptors (Lipinski definition) is 1. The molecule has 88 valence electrons. The first kappa shape index (κ1) is 11.6. The van der Waals surface area contributed by atoms with Crippen molar-refractivity contribution in [3.05, 3.63) is 23.3 Å². The molecule has 3 aliphatic rings. The molecule has 0 heterocycles. The van der Waals surface area contributed by atoms with Gasteiger partial charge in [-0.05, 0) is 62.4 Å². The highest BCUT2D eigenvalue weighted by molar-refractivity contribution is 5.71. The normalized spacial score (nSPS) is 37.7. The number of rotatable bonds is 4. The molecule has 0 aliphatic heterocycles. The maximum Gasteiger partial charge on any atom is 0.145 e. The molecule has 0 aromatic carbocycles. The van der Waals surface area contributed by atoms with E-state index in [0.717, 1.165) is 30.1 Å². The van der Waals surface area contributed by atoms with Gasteiger partial charge < -0.3 is 0 Å². The fraction of sp³-hybridized carbons (Fsp3) is 0.667. The van der Waals surface area contributed by atoms with Gasteiger partial charge in [0.15, 0.2) is 0 Å². The minimum atomic E-state index is 0.512. The van der Waals surface area contributed by atoms with Crippen LogP contribution in [0, 0.1) is 17.3 Å². The summed E-state index contributed by atoms with van der Waals surface area (Å²) >= 11 is 0. The summed E-state index contributed by atoms with van der Waals surface area (Å²) in [6.45, 7) is 6.61. The Labute approximate surface area is 98.6 Å². The molecular weight excluding hydrogens is 196 g/mol. The third-order valence-electron chi connectivity index (χ3n) is 4.86. The van der Waals surface area contributed by atoms with Crippen LogP contribution in [0.25, 0.3) is 0 Å². The third-order valence-corrected chi connectivity index (χ3v) is 4.86. The Morgan fingerprint density at radius 2 is 2.38 bits per heavy atom. The fourth-order valence-corrected chi connectivity index (χ4v) is 3.53. The third kappa shape index (κ3) is 1.77. The molecule has 1 nitrogen and oxygen atoms in total. The van der Waals surface area contributed by atoms with E-state index >= 15 is 0 Å². The summed E-state index contributed by atoms with van der Waals surface area (Å²) in [5.41, 5.74) is 2.99. The maximum atomic E-state index is 10.5. The molecule has 1 fully saturated rings. The van der Waals surface area contributed by atoms with Crippen molar-refractivity contribution in [1.82, 2.24) is 0 Å². The molecule has 3 aliphatic carbocycles. The first-order valence-electron chi connectivity index (χ1n) is 6.36. The van der Waals surface area contributed by atoms with Crippen LogP contribution in [0.1, 0.15) is 46.5 Å². The monoisotopic (exact) mass is 218 g/mol. The quantitative estimate of drug-likeness (QED) is 0.397. The Hall–Kier alpha value is -0.850. The van der Waals surface area contributed by atoms with Gasteiger partial charge in [0, 0.05) is 0 Å². The number of aldehydes is 1. The Bertz CT molecular complexity index is 350. The predicted octanol–water partition coefficient (Wildman–Crippen LogP) is 3.90. The molecule has 3 atom stereocenters. The highest BCUT2D eigenvalue weighted by atomic mass is 16.1. The van der Waals surface area contributed by atoms with Gasteiger partial charge in [-0.1, -0.05) is 24.6 Å². The van der Waals surface area contributed by atoms with Crippen molar-refractivity contribution < 1.29 is 4.79 Å². The molecule has 1 saturated carbocycles. The summed E-state index contributed by atoms with van der Waals surface area (Å²) in [6.07, 6.45) is 10.4. The van der Waals surface area contributed by atoms with Crippen LogP contribution in [0.3, 0.4) is 0 Å². The molecule has 0 radical (unpaired) electrons. The molecule has 2 bridgehead atoms. The number of hydrogen-bond donors (Lipinski definition) is 0. The van der Waals surface area contributed by atoms with Gasteiger partial charge >= 0.3 is 0 Å². The van der Waals surface area contributed by atoms with E-state index in [1.165, 1.54) is 19.3 Å². The van der Waals surface area contributed by atoms with E-state index in [4.69, 9.17) is 0 Å². The van der Waals surface area contributed by atoms with Crippen LogP contribution in [-0.2, 0) is 4.79 Å². The Balaban J connectivity index is 1.96. The molecule has 0 saturated heterocycles.